The minimum Gasteiger partial charge on any atom is -0.388 e. The number of carbonyl (C=O) groups excluding carboxylic acids is 1. The number of ether oxygens (including phenoxy) is 2. The van der Waals surface area contributed by atoms with Crippen LogP contribution < -0.4 is 5.32 Å². The second-order valence-corrected chi connectivity index (χ2v) is 5.93. The number of aryl methyl sites for hydroxylation is 1. The minimum absolute atomic E-state index is 0.170. The SMILES string of the molecule is Cc1ccc2nc(C(=O)N[C@H]3CO[C@H]4[C@@H]3OC[C@H]4O)c(F)n2c1. The highest BCUT2D eigenvalue weighted by molar-refractivity contribution is 5.93. The third kappa shape index (κ3) is 2.30. The molecule has 4 rings (SSSR count). The topological polar surface area (TPSA) is 85.1 Å². The van der Waals surface area contributed by atoms with Crippen LogP contribution in [0.4, 0.5) is 4.39 Å². The third-order valence-electron chi connectivity index (χ3n) is 4.27. The van der Waals surface area contributed by atoms with Crippen LogP contribution in [0.15, 0.2) is 18.3 Å². The number of carbonyl (C=O) groups is 1. The van der Waals surface area contributed by atoms with Gasteiger partial charge in [0.25, 0.3) is 5.91 Å². The van der Waals surface area contributed by atoms with Crippen molar-refractivity contribution < 1.29 is 23.8 Å². The fraction of sp³-hybridized carbons (Fsp3) is 0.467. The van der Waals surface area contributed by atoms with Crippen molar-refractivity contribution in [2.24, 2.45) is 0 Å². The molecular formula is C15H16FN3O4. The zero-order chi connectivity index (χ0) is 16.1. The largest absolute Gasteiger partial charge is 0.388 e. The van der Waals surface area contributed by atoms with E-state index >= 15 is 0 Å². The van der Waals surface area contributed by atoms with E-state index in [9.17, 15) is 14.3 Å². The van der Waals surface area contributed by atoms with Crippen molar-refractivity contribution in [1.29, 1.82) is 0 Å². The van der Waals surface area contributed by atoms with Crippen molar-refractivity contribution >= 4 is 11.6 Å². The van der Waals surface area contributed by atoms with E-state index in [0.29, 0.717) is 5.65 Å². The van der Waals surface area contributed by atoms with Crippen molar-refractivity contribution in [2.45, 2.75) is 31.3 Å². The first-order chi connectivity index (χ1) is 11.0. The van der Waals surface area contributed by atoms with Crippen LogP contribution in [0.5, 0.6) is 0 Å². The molecular weight excluding hydrogens is 305 g/mol. The van der Waals surface area contributed by atoms with E-state index in [2.05, 4.69) is 10.3 Å². The Balaban J connectivity index is 1.57. The van der Waals surface area contributed by atoms with Crippen LogP contribution in [0, 0.1) is 12.9 Å². The Morgan fingerprint density at radius 2 is 2.17 bits per heavy atom. The van der Waals surface area contributed by atoms with Crippen LogP contribution in [0.25, 0.3) is 5.65 Å². The Labute approximate surface area is 131 Å². The van der Waals surface area contributed by atoms with E-state index in [4.69, 9.17) is 9.47 Å². The highest BCUT2D eigenvalue weighted by Crippen LogP contribution is 2.27. The lowest BCUT2D eigenvalue weighted by Crippen LogP contribution is -2.44. The third-order valence-corrected chi connectivity index (χ3v) is 4.27. The monoisotopic (exact) mass is 321 g/mol. The number of halogens is 1. The van der Waals surface area contributed by atoms with Crippen LogP contribution in [-0.4, -0.2) is 58.0 Å². The number of imidazole rings is 1. The first-order valence-electron chi connectivity index (χ1n) is 7.41. The van der Waals surface area contributed by atoms with Gasteiger partial charge in [-0.05, 0) is 18.6 Å². The van der Waals surface area contributed by atoms with E-state index < -0.39 is 36.2 Å². The molecule has 0 unspecified atom stereocenters. The lowest BCUT2D eigenvalue weighted by molar-refractivity contribution is 0.0178. The Bertz CT molecular complexity index is 777. The zero-order valence-electron chi connectivity index (χ0n) is 12.4. The molecule has 0 bridgehead atoms. The van der Waals surface area contributed by atoms with Crippen molar-refractivity contribution in [1.82, 2.24) is 14.7 Å². The molecule has 0 radical (unpaired) electrons. The number of rotatable bonds is 2. The highest BCUT2D eigenvalue weighted by Gasteiger charge is 2.47. The molecule has 7 nitrogen and oxygen atoms in total. The van der Waals surface area contributed by atoms with Gasteiger partial charge in [-0.25, -0.2) is 4.98 Å². The first-order valence-corrected chi connectivity index (χ1v) is 7.41. The van der Waals surface area contributed by atoms with Crippen molar-refractivity contribution in [3.8, 4) is 0 Å². The average Bonchev–Trinajstić information content (AvgIpc) is 3.17. The maximum atomic E-state index is 14.4. The fourth-order valence-electron chi connectivity index (χ4n) is 3.11. The Morgan fingerprint density at radius 3 is 3.00 bits per heavy atom. The highest BCUT2D eigenvalue weighted by atomic mass is 19.1. The quantitative estimate of drug-likeness (QED) is 0.816. The number of aliphatic hydroxyl groups is 1. The number of fused-ring (bicyclic) bond motifs is 2. The van der Waals surface area contributed by atoms with Crippen molar-refractivity contribution in [3.63, 3.8) is 0 Å². The molecule has 2 fully saturated rings. The van der Waals surface area contributed by atoms with Gasteiger partial charge in [-0.2, -0.15) is 4.39 Å². The molecule has 23 heavy (non-hydrogen) atoms. The van der Waals surface area contributed by atoms with Gasteiger partial charge in [0.05, 0.1) is 19.3 Å². The summed E-state index contributed by atoms with van der Waals surface area (Å²) >= 11 is 0. The molecule has 4 heterocycles. The van der Waals surface area contributed by atoms with Gasteiger partial charge in [0.2, 0.25) is 5.95 Å². The molecule has 1 amide bonds. The predicted octanol–water partition coefficient (Wildman–Crippen LogP) is 0.0387. The molecule has 0 spiro atoms. The molecule has 2 aromatic heterocycles. The Morgan fingerprint density at radius 1 is 1.39 bits per heavy atom. The summed E-state index contributed by atoms with van der Waals surface area (Å²) in [6.45, 7) is 2.22. The smallest absolute Gasteiger partial charge is 0.275 e. The van der Waals surface area contributed by atoms with Crippen molar-refractivity contribution in [2.75, 3.05) is 13.2 Å². The normalized spacial score (nSPS) is 29.9. The van der Waals surface area contributed by atoms with Gasteiger partial charge in [0.15, 0.2) is 5.69 Å². The minimum atomic E-state index is -0.705. The number of aliphatic hydroxyl groups excluding tert-OH is 1. The lowest BCUT2D eigenvalue weighted by Gasteiger charge is -2.16. The summed E-state index contributed by atoms with van der Waals surface area (Å²) in [4.78, 5) is 16.4. The van der Waals surface area contributed by atoms with E-state index in [-0.39, 0.29) is 18.9 Å². The molecule has 8 heteroatoms. The Hall–Kier alpha value is -2.03. The molecule has 0 aromatic carbocycles. The molecule has 0 saturated carbocycles. The summed E-state index contributed by atoms with van der Waals surface area (Å²) in [7, 11) is 0. The number of aromatic nitrogens is 2. The lowest BCUT2D eigenvalue weighted by atomic mass is 10.1. The number of hydrogen-bond acceptors (Lipinski definition) is 5. The summed E-state index contributed by atoms with van der Waals surface area (Å²) in [6, 6.07) is 3.02. The van der Waals surface area contributed by atoms with E-state index in [1.54, 1.807) is 18.3 Å². The second-order valence-electron chi connectivity index (χ2n) is 5.93. The van der Waals surface area contributed by atoms with Gasteiger partial charge in [0.1, 0.15) is 24.0 Å². The van der Waals surface area contributed by atoms with Crippen LogP contribution >= 0.6 is 0 Å². The van der Waals surface area contributed by atoms with Gasteiger partial charge in [-0.15, -0.1) is 0 Å². The maximum absolute atomic E-state index is 14.4. The van der Waals surface area contributed by atoms with Gasteiger partial charge in [0, 0.05) is 6.20 Å². The molecule has 2 aromatic rings. The van der Waals surface area contributed by atoms with Crippen LogP contribution in [0.2, 0.25) is 0 Å². The standard InChI is InChI=1S/C15H16FN3O4/c1-7-2-3-10-18-11(14(16)19(10)4-7)15(21)17-8-5-22-13-9(20)6-23-12(8)13/h2-4,8-9,12-13,20H,5-6H2,1H3,(H,17,21)/t8-,9+,12+,13+/m0/s1. The number of amides is 1. The fourth-order valence-corrected chi connectivity index (χ4v) is 3.11. The summed E-state index contributed by atoms with van der Waals surface area (Å²) in [5.41, 5.74) is 0.963. The molecule has 2 aliphatic rings. The zero-order valence-corrected chi connectivity index (χ0v) is 12.4. The van der Waals surface area contributed by atoms with Crippen LogP contribution in [0.3, 0.4) is 0 Å². The van der Waals surface area contributed by atoms with Crippen molar-refractivity contribution in [3.05, 3.63) is 35.5 Å². The predicted molar refractivity (Wildman–Crippen MR) is 76.6 cm³/mol. The first kappa shape index (κ1) is 14.6. The molecule has 122 valence electrons. The average molecular weight is 321 g/mol. The van der Waals surface area contributed by atoms with Gasteiger partial charge < -0.3 is 19.9 Å². The van der Waals surface area contributed by atoms with E-state index in [1.807, 2.05) is 6.92 Å². The summed E-state index contributed by atoms with van der Waals surface area (Å²) in [6.07, 6.45) is 0.0153. The number of nitrogens with one attached hydrogen (secondary N) is 1. The molecule has 2 aliphatic heterocycles. The maximum Gasteiger partial charge on any atom is 0.275 e. The van der Waals surface area contributed by atoms with Gasteiger partial charge >= 0.3 is 0 Å². The molecule has 4 atom stereocenters. The number of pyridine rings is 1. The Kier molecular flexibility index (Phi) is 3.33. The van der Waals surface area contributed by atoms with Crippen LogP contribution in [-0.2, 0) is 9.47 Å². The van der Waals surface area contributed by atoms with Gasteiger partial charge in [-0.3, -0.25) is 9.20 Å². The molecule has 2 N–H and O–H groups in total. The number of hydrogen-bond donors (Lipinski definition) is 2. The summed E-state index contributed by atoms with van der Waals surface area (Å²) in [5, 5.41) is 12.4. The summed E-state index contributed by atoms with van der Waals surface area (Å²) in [5.74, 6) is -1.33. The summed E-state index contributed by atoms with van der Waals surface area (Å²) < 4.78 is 26.5. The van der Waals surface area contributed by atoms with E-state index in [1.165, 1.54) is 4.40 Å². The molecule has 2 saturated heterocycles. The van der Waals surface area contributed by atoms with Gasteiger partial charge in [-0.1, -0.05) is 6.07 Å². The van der Waals surface area contributed by atoms with E-state index in [0.717, 1.165) is 5.56 Å². The van der Waals surface area contributed by atoms with Crippen LogP contribution in [0.1, 0.15) is 16.1 Å². The molecule has 0 aliphatic carbocycles. The second kappa shape index (κ2) is 5.26. The number of nitrogens with zero attached hydrogens (tertiary/aromatic N) is 2.